The summed E-state index contributed by atoms with van der Waals surface area (Å²) in [7, 11) is 0. The molecule has 0 saturated carbocycles. The van der Waals surface area contributed by atoms with Gasteiger partial charge in [-0.3, -0.25) is 0 Å². The van der Waals surface area contributed by atoms with E-state index >= 15 is 0 Å². The van der Waals surface area contributed by atoms with Gasteiger partial charge in [-0.1, -0.05) is 0 Å². The van der Waals surface area contributed by atoms with Crippen LogP contribution in [0.4, 0.5) is 0 Å². The third-order valence-electron chi connectivity index (χ3n) is 0. The molecule has 0 aromatic carbocycles. The van der Waals surface area contributed by atoms with Crippen molar-refractivity contribution in [3.8, 4) is 0 Å². The zero-order valence-electron chi connectivity index (χ0n) is 2.02. The second kappa shape index (κ2) is 17.9. The van der Waals surface area contributed by atoms with Crippen LogP contribution >= 0.6 is 9.90 Å². The van der Waals surface area contributed by atoms with Crippen LogP contribution in [-0.4, -0.2) is 23.9 Å². The van der Waals surface area contributed by atoms with Crippen LogP contribution in [0.25, 0.3) is 0 Å². The Hall–Kier alpha value is 2.49. The fourth-order valence-electron chi connectivity index (χ4n) is 0. The normalized spacial score (nSPS) is 0. The summed E-state index contributed by atoms with van der Waals surface area (Å²) in [5.41, 5.74) is 0. The van der Waals surface area contributed by atoms with Crippen molar-refractivity contribution in [1.29, 1.82) is 0 Å². The third-order valence-corrected chi connectivity index (χ3v) is 0. The van der Waals surface area contributed by atoms with Gasteiger partial charge in [-0.2, -0.15) is 9.90 Å². The van der Waals surface area contributed by atoms with Crippen LogP contribution in [0, 0.1) is 0 Å². The molecule has 1 unspecified atom stereocenters. The summed E-state index contributed by atoms with van der Waals surface area (Å²) in [6.07, 6.45) is 0. The van der Waals surface area contributed by atoms with Crippen LogP contribution < -0.4 is 0 Å². The summed E-state index contributed by atoms with van der Waals surface area (Å²) in [5.74, 6) is 0. The molecule has 0 aliphatic heterocycles. The Labute approximate surface area is 72.4 Å². The van der Waals surface area contributed by atoms with Crippen molar-refractivity contribution in [2.45, 2.75) is 0 Å². The predicted octanol–water partition coefficient (Wildman–Crippen LogP) is -0.863. The van der Waals surface area contributed by atoms with E-state index < -0.39 is 0 Å². The molecule has 0 aliphatic carbocycles. The molecular weight excluding hydrogens is 321 g/mol. The standard InChI is InChI=1S/Ag.Cu.H3P.Sn.2H/h;;1H3;;;. The first-order valence-electron chi connectivity index (χ1n) is 0. The molecular formula is H5AgCuPSn. The summed E-state index contributed by atoms with van der Waals surface area (Å²) in [6.45, 7) is 0. The Morgan fingerprint density at radius 1 is 1.00 bits per heavy atom. The van der Waals surface area contributed by atoms with Gasteiger partial charge in [0.25, 0.3) is 0 Å². The monoisotopic (exact) mass is 326 g/mol. The molecule has 0 spiro atoms. The van der Waals surface area contributed by atoms with E-state index in [0.29, 0.717) is 0 Å². The van der Waals surface area contributed by atoms with Crippen LogP contribution in [0.2, 0.25) is 0 Å². The van der Waals surface area contributed by atoms with Crippen LogP contribution in [0.3, 0.4) is 0 Å². The maximum atomic E-state index is 0. The van der Waals surface area contributed by atoms with Gasteiger partial charge in [0.2, 0.25) is 0 Å². The molecule has 0 rings (SSSR count). The van der Waals surface area contributed by atoms with E-state index in [1.165, 1.54) is 0 Å². The van der Waals surface area contributed by atoms with E-state index in [0.717, 1.165) is 0 Å². The van der Waals surface area contributed by atoms with E-state index in [4.69, 9.17) is 0 Å². The van der Waals surface area contributed by atoms with E-state index in [2.05, 4.69) is 0 Å². The molecule has 0 nitrogen and oxygen atoms in total. The van der Waals surface area contributed by atoms with Crippen LogP contribution in [0.15, 0.2) is 0 Å². The molecule has 0 heterocycles. The minimum absolute atomic E-state index is 0. The molecule has 4 heteroatoms. The summed E-state index contributed by atoms with van der Waals surface area (Å²) >= 11 is 0. The number of rotatable bonds is 0. The third kappa shape index (κ3) is 8.82. The molecule has 4 radical (unpaired) electrons. The van der Waals surface area contributed by atoms with Gasteiger partial charge in [-0.15, -0.1) is 0 Å². The van der Waals surface area contributed by atoms with Gasteiger partial charge in [-0.05, 0) is 0 Å². The van der Waals surface area contributed by atoms with Gasteiger partial charge in [0, 0.05) is 39.4 Å². The second-order valence-corrected chi connectivity index (χ2v) is 0. The summed E-state index contributed by atoms with van der Waals surface area (Å²) in [5, 5.41) is 0. The number of hydrogen-bond acceptors (Lipinski definition) is 0. The van der Waals surface area contributed by atoms with Gasteiger partial charge < -0.3 is 0 Å². The molecule has 0 N–H and O–H groups in total. The predicted molar refractivity (Wildman–Crippen MR) is 19.6 cm³/mol. The van der Waals surface area contributed by atoms with Crippen molar-refractivity contribution in [2.75, 3.05) is 0 Å². The van der Waals surface area contributed by atoms with Gasteiger partial charge in [0.05, 0.1) is 0 Å². The van der Waals surface area contributed by atoms with Crippen LogP contribution in [0.1, 0.15) is 0 Å². The molecule has 0 bridgehead atoms. The van der Waals surface area contributed by atoms with E-state index in [-0.39, 0.29) is 73.3 Å². The van der Waals surface area contributed by atoms with Crippen molar-refractivity contribution < 1.29 is 39.4 Å². The topological polar surface area (TPSA) is 0 Å². The molecule has 0 amide bonds. The fraction of sp³-hybridized carbons (Fsp3) is 0. The van der Waals surface area contributed by atoms with Gasteiger partial charge >= 0.3 is 23.9 Å². The Morgan fingerprint density at radius 2 is 1.00 bits per heavy atom. The Morgan fingerprint density at radius 3 is 1.00 bits per heavy atom. The summed E-state index contributed by atoms with van der Waals surface area (Å²) in [4.78, 5) is 0. The van der Waals surface area contributed by atoms with Crippen molar-refractivity contribution >= 4 is 33.8 Å². The average molecular weight is 326 g/mol. The van der Waals surface area contributed by atoms with Gasteiger partial charge in [-0.25, -0.2) is 0 Å². The van der Waals surface area contributed by atoms with E-state index in [9.17, 15) is 0 Å². The first kappa shape index (κ1) is 31.6. The Bertz CT molecular complexity index is 8.00. The molecule has 1 atom stereocenters. The first-order valence-corrected chi connectivity index (χ1v) is 0. The molecule has 0 aromatic rings. The molecule has 0 saturated heterocycles. The zero-order chi connectivity index (χ0) is 0. The maximum absolute atomic E-state index is 0. The van der Waals surface area contributed by atoms with E-state index in [1.807, 2.05) is 0 Å². The molecule has 0 aliphatic rings. The molecule has 36 valence electrons. The fourth-order valence-corrected chi connectivity index (χ4v) is 0. The van der Waals surface area contributed by atoms with Crippen molar-refractivity contribution in [3.05, 3.63) is 0 Å². The quantitative estimate of drug-likeness (QED) is 0.401. The average Bonchev–Trinajstić information content (AvgIpc) is 0. The van der Waals surface area contributed by atoms with Gasteiger partial charge in [0.1, 0.15) is 0 Å². The van der Waals surface area contributed by atoms with Crippen LogP contribution in [-0.2, 0) is 39.4 Å². The Balaban J connectivity index is 0. The zero-order valence-corrected chi connectivity index (χ0v) is 9.89. The molecule has 0 aromatic heterocycles. The minimum atomic E-state index is 0. The summed E-state index contributed by atoms with van der Waals surface area (Å²) in [6, 6.07) is 0. The van der Waals surface area contributed by atoms with Crippen molar-refractivity contribution in [3.63, 3.8) is 0 Å². The van der Waals surface area contributed by atoms with Gasteiger partial charge in [0.15, 0.2) is 0 Å². The summed E-state index contributed by atoms with van der Waals surface area (Å²) < 4.78 is 0. The van der Waals surface area contributed by atoms with Crippen molar-refractivity contribution in [1.82, 2.24) is 0 Å². The van der Waals surface area contributed by atoms with Crippen molar-refractivity contribution in [2.24, 2.45) is 0 Å². The Kier molecular flexibility index (Phi) is 141. The molecule has 4 heavy (non-hydrogen) atoms. The second-order valence-electron chi connectivity index (χ2n) is 0. The molecule has 0 fully saturated rings. The SMILES string of the molecule is P.[Ag].[Cu].[SnH2]. The van der Waals surface area contributed by atoms with E-state index in [1.54, 1.807) is 0 Å². The van der Waals surface area contributed by atoms with Crippen LogP contribution in [0.5, 0.6) is 0 Å². The first-order chi connectivity index (χ1) is 0. The number of hydrogen-bond donors (Lipinski definition) is 0.